The van der Waals surface area contributed by atoms with Gasteiger partial charge in [-0.25, -0.2) is 9.18 Å². The van der Waals surface area contributed by atoms with E-state index < -0.39 is 11.2 Å². The number of benzene rings is 2. The maximum atomic E-state index is 13.3. The van der Waals surface area contributed by atoms with Crippen molar-refractivity contribution in [3.8, 4) is 17.5 Å². The van der Waals surface area contributed by atoms with Gasteiger partial charge in [-0.05, 0) is 29.8 Å². The highest BCUT2D eigenvalue weighted by Gasteiger charge is 2.21. The zero-order chi connectivity index (χ0) is 21.4. The average molecular weight is 410 g/mol. The first-order valence-corrected chi connectivity index (χ1v) is 9.11. The Hall–Kier alpha value is -3.88. The van der Waals surface area contributed by atoms with Crippen molar-refractivity contribution in [1.82, 2.24) is 18.7 Å². The van der Waals surface area contributed by atoms with E-state index in [0.29, 0.717) is 11.5 Å². The molecule has 4 rings (SSSR count). The number of aryl methyl sites for hydroxylation is 1. The van der Waals surface area contributed by atoms with E-state index in [0.717, 1.165) is 10.1 Å². The summed E-state index contributed by atoms with van der Waals surface area (Å²) in [5.74, 6) is 0.684. The summed E-state index contributed by atoms with van der Waals surface area (Å²) in [5, 5.41) is 0. The fraction of sp³-hybridized carbons (Fsp3) is 0.190. The van der Waals surface area contributed by atoms with Gasteiger partial charge in [0.1, 0.15) is 17.3 Å². The summed E-state index contributed by atoms with van der Waals surface area (Å²) < 4.78 is 28.4. The monoisotopic (exact) mass is 410 g/mol. The van der Waals surface area contributed by atoms with Crippen LogP contribution < -0.4 is 20.7 Å². The second-order valence-corrected chi connectivity index (χ2v) is 6.77. The van der Waals surface area contributed by atoms with Crippen molar-refractivity contribution < 1.29 is 13.9 Å². The molecule has 8 nitrogen and oxygen atoms in total. The molecule has 30 heavy (non-hydrogen) atoms. The largest absolute Gasteiger partial charge is 0.497 e. The standard InChI is InChI=1S/C21H19FN4O4/c1-24-18-17(19(27)25(2)21(24)28)26(12-13-7-9-14(22)10-8-13)20(23-18)30-16-6-4-5-15(11-16)29-3/h4-11H,12H2,1-3H3. The Kier molecular flexibility index (Phi) is 4.86. The molecule has 0 unspecified atom stereocenters. The van der Waals surface area contributed by atoms with Crippen LogP contribution in [0.2, 0.25) is 0 Å². The number of hydrogen-bond donors (Lipinski definition) is 0. The summed E-state index contributed by atoms with van der Waals surface area (Å²) in [5.41, 5.74) is 0.155. The van der Waals surface area contributed by atoms with Gasteiger partial charge in [-0.15, -0.1) is 0 Å². The minimum atomic E-state index is -0.497. The van der Waals surface area contributed by atoms with E-state index in [1.54, 1.807) is 48.1 Å². The lowest BCUT2D eigenvalue weighted by Gasteiger charge is -2.11. The number of imidazole rings is 1. The molecule has 2 heterocycles. The van der Waals surface area contributed by atoms with Crippen LogP contribution in [0.25, 0.3) is 11.2 Å². The molecule has 154 valence electrons. The van der Waals surface area contributed by atoms with E-state index in [2.05, 4.69) is 4.98 Å². The van der Waals surface area contributed by atoms with Crippen molar-refractivity contribution in [2.24, 2.45) is 14.1 Å². The van der Waals surface area contributed by atoms with Crippen molar-refractivity contribution in [3.63, 3.8) is 0 Å². The van der Waals surface area contributed by atoms with Gasteiger partial charge < -0.3 is 9.47 Å². The third-order valence-electron chi connectivity index (χ3n) is 4.82. The second kappa shape index (κ2) is 7.51. The Morgan fingerprint density at radius 2 is 1.70 bits per heavy atom. The molecule has 0 N–H and O–H groups in total. The van der Waals surface area contributed by atoms with Crippen LogP contribution in [-0.2, 0) is 20.6 Å². The maximum absolute atomic E-state index is 13.3. The summed E-state index contributed by atoms with van der Waals surface area (Å²) >= 11 is 0. The first-order chi connectivity index (χ1) is 14.4. The number of halogens is 1. The highest BCUT2D eigenvalue weighted by molar-refractivity contribution is 5.72. The molecule has 0 spiro atoms. The van der Waals surface area contributed by atoms with Crippen LogP contribution in [0.3, 0.4) is 0 Å². The van der Waals surface area contributed by atoms with Crippen LogP contribution in [0.5, 0.6) is 17.5 Å². The number of fused-ring (bicyclic) bond motifs is 1. The van der Waals surface area contributed by atoms with E-state index in [9.17, 15) is 14.0 Å². The Labute approximate surface area is 170 Å². The number of methoxy groups -OCH3 is 1. The summed E-state index contributed by atoms with van der Waals surface area (Å²) in [6.45, 7) is 0.198. The molecule has 0 aliphatic heterocycles. The lowest BCUT2D eigenvalue weighted by Crippen LogP contribution is -2.37. The molecule has 0 saturated carbocycles. The normalized spacial score (nSPS) is 11.1. The zero-order valence-corrected chi connectivity index (χ0v) is 16.6. The number of aromatic nitrogens is 4. The SMILES string of the molecule is COc1cccc(Oc2nc3c(c(=O)n(C)c(=O)n3C)n2Cc2ccc(F)cc2)c1. The third-order valence-corrected chi connectivity index (χ3v) is 4.82. The van der Waals surface area contributed by atoms with Gasteiger partial charge in [-0.3, -0.25) is 18.5 Å². The van der Waals surface area contributed by atoms with Crippen molar-refractivity contribution in [2.45, 2.75) is 6.54 Å². The molecule has 0 aliphatic rings. The van der Waals surface area contributed by atoms with Crippen LogP contribution in [0.15, 0.2) is 58.1 Å². The minimum absolute atomic E-state index is 0.126. The summed E-state index contributed by atoms with van der Waals surface area (Å²) in [4.78, 5) is 29.6. The second-order valence-electron chi connectivity index (χ2n) is 6.77. The van der Waals surface area contributed by atoms with Gasteiger partial charge in [0, 0.05) is 20.2 Å². The zero-order valence-electron chi connectivity index (χ0n) is 16.6. The Morgan fingerprint density at radius 3 is 2.40 bits per heavy atom. The van der Waals surface area contributed by atoms with E-state index in [1.165, 1.54) is 30.8 Å². The van der Waals surface area contributed by atoms with E-state index in [1.807, 2.05) is 0 Å². The summed E-state index contributed by atoms with van der Waals surface area (Å²) in [6, 6.07) is 13.0. The van der Waals surface area contributed by atoms with Crippen molar-refractivity contribution in [2.75, 3.05) is 7.11 Å². The van der Waals surface area contributed by atoms with Gasteiger partial charge in [0.15, 0.2) is 11.2 Å². The molecule has 0 fully saturated rings. The van der Waals surface area contributed by atoms with Crippen LogP contribution in [0, 0.1) is 5.82 Å². The predicted molar refractivity (Wildman–Crippen MR) is 109 cm³/mol. The predicted octanol–water partition coefficient (Wildman–Crippen LogP) is 2.42. The van der Waals surface area contributed by atoms with Crippen LogP contribution in [0.4, 0.5) is 4.39 Å². The number of hydrogen-bond acceptors (Lipinski definition) is 5. The molecule has 2 aromatic carbocycles. The summed E-state index contributed by atoms with van der Waals surface area (Å²) in [7, 11) is 4.49. The van der Waals surface area contributed by atoms with Gasteiger partial charge in [-0.1, -0.05) is 18.2 Å². The van der Waals surface area contributed by atoms with Gasteiger partial charge in [0.05, 0.1) is 13.7 Å². The van der Waals surface area contributed by atoms with Gasteiger partial charge in [-0.2, -0.15) is 4.98 Å². The topological polar surface area (TPSA) is 80.3 Å². The van der Waals surface area contributed by atoms with Crippen molar-refractivity contribution in [1.29, 1.82) is 0 Å². The van der Waals surface area contributed by atoms with Gasteiger partial charge in [0.25, 0.3) is 5.56 Å². The Morgan fingerprint density at radius 1 is 1.00 bits per heavy atom. The maximum Gasteiger partial charge on any atom is 0.332 e. The molecule has 0 amide bonds. The fourth-order valence-corrected chi connectivity index (χ4v) is 3.19. The highest BCUT2D eigenvalue weighted by atomic mass is 19.1. The first-order valence-electron chi connectivity index (χ1n) is 9.11. The van der Waals surface area contributed by atoms with E-state index >= 15 is 0 Å². The third kappa shape index (κ3) is 3.34. The molecule has 2 aromatic heterocycles. The molecular formula is C21H19FN4O4. The smallest absolute Gasteiger partial charge is 0.332 e. The molecule has 0 bridgehead atoms. The van der Waals surface area contributed by atoms with Crippen LogP contribution >= 0.6 is 0 Å². The van der Waals surface area contributed by atoms with E-state index in [-0.39, 0.29) is 29.5 Å². The number of nitrogens with zero attached hydrogens (tertiary/aromatic N) is 4. The number of ether oxygens (including phenoxy) is 2. The van der Waals surface area contributed by atoms with Gasteiger partial charge in [0.2, 0.25) is 0 Å². The first kappa shape index (κ1) is 19.4. The fourth-order valence-electron chi connectivity index (χ4n) is 3.19. The van der Waals surface area contributed by atoms with Crippen molar-refractivity contribution in [3.05, 3.63) is 80.7 Å². The van der Waals surface area contributed by atoms with Crippen LogP contribution in [-0.4, -0.2) is 25.8 Å². The van der Waals surface area contributed by atoms with Gasteiger partial charge >= 0.3 is 11.7 Å². The number of rotatable bonds is 5. The molecule has 0 aliphatic carbocycles. The van der Waals surface area contributed by atoms with Crippen LogP contribution in [0.1, 0.15) is 5.56 Å². The molecule has 0 saturated heterocycles. The lowest BCUT2D eigenvalue weighted by molar-refractivity contribution is 0.398. The highest BCUT2D eigenvalue weighted by Crippen LogP contribution is 2.27. The van der Waals surface area contributed by atoms with E-state index in [4.69, 9.17) is 9.47 Å². The minimum Gasteiger partial charge on any atom is -0.497 e. The quantitative estimate of drug-likeness (QED) is 0.505. The lowest BCUT2D eigenvalue weighted by atomic mass is 10.2. The Bertz CT molecular complexity index is 1350. The summed E-state index contributed by atoms with van der Waals surface area (Å²) in [6.07, 6.45) is 0. The molecule has 0 radical (unpaired) electrons. The van der Waals surface area contributed by atoms with Crippen molar-refractivity contribution >= 4 is 11.2 Å². The molecule has 0 atom stereocenters. The molecular weight excluding hydrogens is 391 g/mol. The molecule has 9 heteroatoms. The molecule has 4 aromatic rings. The average Bonchev–Trinajstić information content (AvgIpc) is 3.10. The Balaban J connectivity index is 1.92.